The standard InChI is InChI=1S/C66H117NO10/c1-4-7-10-13-16-19-22-24-26-27-28-29-30-31-32-33-34-36-39-42-45-48-51-54-61(71)77-64-63(73)62(72)60(55-68)76-66(64)75-56-57(58(69)52-49-46-43-40-37-21-18-15-12-9-6-3)67-65(74)59(70)53-50-47-44-41-38-35-25-23-20-17-14-11-8-5-2/h8,11,14,17,20,23-26,35,49,52,57-60,62-64,66,68-70,72-73H,4-7,9-10,12-13,15-16,18-19,21-22,27-34,36-48,50-51,53-56H2,1-3H3,(H,67,74)/b11-8+,17-14+,23-20+,26-24+,35-25-,52-49+. The van der Waals surface area contributed by atoms with Crippen LogP contribution in [0.15, 0.2) is 72.9 Å². The maximum absolute atomic E-state index is 13.4. The molecule has 0 saturated carbocycles. The van der Waals surface area contributed by atoms with Gasteiger partial charge in [-0.05, 0) is 70.6 Å². The molecular weight excluding hydrogens is 967 g/mol. The fourth-order valence-corrected chi connectivity index (χ4v) is 9.66. The van der Waals surface area contributed by atoms with Crippen molar-refractivity contribution in [1.82, 2.24) is 5.32 Å². The lowest BCUT2D eigenvalue weighted by atomic mass is 9.99. The van der Waals surface area contributed by atoms with Gasteiger partial charge in [-0.2, -0.15) is 0 Å². The predicted octanol–water partition coefficient (Wildman–Crippen LogP) is 15.2. The normalized spacial score (nSPS) is 19.5. The molecule has 1 aliphatic heterocycles. The minimum Gasteiger partial charge on any atom is -0.454 e. The molecule has 6 N–H and O–H groups in total. The Morgan fingerprint density at radius 2 is 0.948 bits per heavy atom. The van der Waals surface area contributed by atoms with Crippen LogP contribution in [-0.4, -0.2) is 99.6 Å². The van der Waals surface area contributed by atoms with E-state index < -0.39 is 67.4 Å². The van der Waals surface area contributed by atoms with Crippen LogP contribution in [-0.2, 0) is 23.8 Å². The van der Waals surface area contributed by atoms with E-state index in [2.05, 4.69) is 50.4 Å². The summed E-state index contributed by atoms with van der Waals surface area (Å²) in [7, 11) is 0. The molecule has 1 saturated heterocycles. The number of allylic oxidation sites excluding steroid dienone is 11. The van der Waals surface area contributed by atoms with Gasteiger partial charge in [-0.25, -0.2) is 0 Å². The number of carbonyl (C=O) groups is 2. The smallest absolute Gasteiger partial charge is 0.306 e. The van der Waals surface area contributed by atoms with E-state index in [1.165, 1.54) is 148 Å². The van der Waals surface area contributed by atoms with Crippen LogP contribution in [0.3, 0.4) is 0 Å². The lowest BCUT2D eigenvalue weighted by molar-refractivity contribution is -0.305. The van der Waals surface area contributed by atoms with E-state index in [9.17, 15) is 35.1 Å². The molecule has 11 nitrogen and oxygen atoms in total. The van der Waals surface area contributed by atoms with Crippen molar-refractivity contribution in [3.05, 3.63) is 72.9 Å². The zero-order valence-electron chi connectivity index (χ0n) is 49.3. The molecule has 11 heteroatoms. The highest BCUT2D eigenvalue weighted by Crippen LogP contribution is 2.26. The van der Waals surface area contributed by atoms with Crippen LogP contribution in [0.2, 0.25) is 0 Å². The molecule has 1 aliphatic rings. The summed E-state index contributed by atoms with van der Waals surface area (Å²) in [4.78, 5) is 26.5. The molecule has 0 aromatic carbocycles. The number of ether oxygens (including phenoxy) is 3. The van der Waals surface area contributed by atoms with Gasteiger partial charge in [0, 0.05) is 6.42 Å². The highest BCUT2D eigenvalue weighted by Gasteiger charge is 2.47. The zero-order valence-corrected chi connectivity index (χ0v) is 49.3. The summed E-state index contributed by atoms with van der Waals surface area (Å²) in [6, 6.07) is -1.04. The monoisotopic (exact) mass is 1080 g/mol. The Labute approximate surface area is 471 Å². The molecule has 0 aliphatic carbocycles. The highest BCUT2D eigenvalue weighted by atomic mass is 16.7. The van der Waals surface area contributed by atoms with Crippen LogP contribution in [0, 0.1) is 0 Å². The van der Waals surface area contributed by atoms with Crippen molar-refractivity contribution in [1.29, 1.82) is 0 Å². The van der Waals surface area contributed by atoms with Gasteiger partial charge in [-0.1, -0.05) is 267 Å². The van der Waals surface area contributed by atoms with Gasteiger partial charge in [-0.3, -0.25) is 9.59 Å². The van der Waals surface area contributed by atoms with Gasteiger partial charge >= 0.3 is 5.97 Å². The minimum atomic E-state index is -1.62. The molecule has 1 heterocycles. The third-order valence-corrected chi connectivity index (χ3v) is 14.7. The first kappa shape index (κ1) is 72.1. The SMILES string of the molecule is CC/C=C/C=C/C=C/C=C\CCCCCCC(O)C(=O)NC(COC1OC(CO)C(O)C(O)C1OC(=O)CCCCCCCCCCCCCCC/C=C/CCCCCCCC)C(O)/C=C/CCCCCCCCCCC. The summed E-state index contributed by atoms with van der Waals surface area (Å²) in [6.45, 7) is 5.63. The van der Waals surface area contributed by atoms with Crippen LogP contribution >= 0.6 is 0 Å². The first-order chi connectivity index (χ1) is 37.7. The Morgan fingerprint density at radius 1 is 0.519 bits per heavy atom. The third kappa shape index (κ3) is 41.7. The number of amides is 1. The van der Waals surface area contributed by atoms with E-state index in [1.54, 1.807) is 6.08 Å². The molecule has 0 spiro atoms. The molecule has 0 aromatic heterocycles. The van der Waals surface area contributed by atoms with Gasteiger partial charge in [0.2, 0.25) is 5.91 Å². The molecule has 0 radical (unpaired) electrons. The highest BCUT2D eigenvalue weighted by molar-refractivity contribution is 5.80. The van der Waals surface area contributed by atoms with Crippen molar-refractivity contribution in [2.45, 2.75) is 320 Å². The number of esters is 1. The first-order valence-corrected chi connectivity index (χ1v) is 31.8. The van der Waals surface area contributed by atoms with E-state index in [0.29, 0.717) is 12.8 Å². The Morgan fingerprint density at radius 3 is 1.44 bits per heavy atom. The fourth-order valence-electron chi connectivity index (χ4n) is 9.66. The number of nitrogens with one attached hydrogen (secondary N) is 1. The lowest BCUT2D eigenvalue weighted by Crippen LogP contribution is -2.61. The van der Waals surface area contributed by atoms with Gasteiger partial charge in [0.15, 0.2) is 12.4 Å². The second-order valence-corrected chi connectivity index (χ2v) is 21.8. The van der Waals surface area contributed by atoms with Crippen LogP contribution < -0.4 is 5.32 Å². The van der Waals surface area contributed by atoms with Gasteiger partial charge in [0.25, 0.3) is 0 Å². The first-order valence-electron chi connectivity index (χ1n) is 31.8. The van der Waals surface area contributed by atoms with Crippen molar-refractivity contribution in [3.63, 3.8) is 0 Å². The number of rotatable bonds is 53. The average molecular weight is 1080 g/mol. The van der Waals surface area contributed by atoms with Crippen molar-refractivity contribution < 1.29 is 49.3 Å². The van der Waals surface area contributed by atoms with Crippen molar-refractivity contribution in [3.8, 4) is 0 Å². The minimum absolute atomic E-state index is 0.119. The second kappa shape index (κ2) is 53.7. The predicted molar refractivity (Wildman–Crippen MR) is 319 cm³/mol. The van der Waals surface area contributed by atoms with Crippen LogP contribution in [0.5, 0.6) is 0 Å². The Hall–Kier alpha value is -2.90. The number of hydrogen-bond acceptors (Lipinski definition) is 10. The van der Waals surface area contributed by atoms with Crippen LogP contribution in [0.1, 0.15) is 271 Å². The van der Waals surface area contributed by atoms with E-state index in [0.717, 1.165) is 77.0 Å². The summed E-state index contributed by atoms with van der Waals surface area (Å²) in [6.07, 6.45) is 58.1. The number of carbonyl (C=O) groups excluding carboxylic acids is 2. The van der Waals surface area contributed by atoms with Crippen molar-refractivity contribution >= 4 is 11.9 Å². The summed E-state index contributed by atoms with van der Waals surface area (Å²) in [5.74, 6) is -1.22. The molecule has 77 heavy (non-hydrogen) atoms. The van der Waals surface area contributed by atoms with Gasteiger partial charge in [0.05, 0.1) is 25.4 Å². The second-order valence-electron chi connectivity index (χ2n) is 21.8. The van der Waals surface area contributed by atoms with Crippen molar-refractivity contribution in [2.24, 2.45) is 0 Å². The van der Waals surface area contributed by atoms with Gasteiger partial charge in [-0.15, -0.1) is 0 Å². The number of unbranched alkanes of at least 4 members (excludes halogenated alkanes) is 32. The van der Waals surface area contributed by atoms with Crippen LogP contribution in [0.25, 0.3) is 0 Å². The largest absolute Gasteiger partial charge is 0.454 e. The molecule has 1 amide bonds. The van der Waals surface area contributed by atoms with E-state index in [-0.39, 0.29) is 19.4 Å². The molecule has 8 unspecified atom stereocenters. The Balaban J connectivity index is 2.61. The lowest BCUT2D eigenvalue weighted by Gasteiger charge is -2.41. The third-order valence-electron chi connectivity index (χ3n) is 14.7. The summed E-state index contributed by atoms with van der Waals surface area (Å²) >= 11 is 0. The summed E-state index contributed by atoms with van der Waals surface area (Å²) in [5, 5.41) is 56.9. The molecule has 8 atom stereocenters. The van der Waals surface area contributed by atoms with Crippen LogP contribution in [0.4, 0.5) is 0 Å². The zero-order chi connectivity index (χ0) is 56.1. The topological polar surface area (TPSA) is 175 Å². The van der Waals surface area contributed by atoms with Gasteiger partial charge < -0.3 is 45.1 Å². The van der Waals surface area contributed by atoms with Gasteiger partial charge in [0.1, 0.15) is 24.4 Å². The number of aliphatic hydroxyl groups excluding tert-OH is 5. The summed E-state index contributed by atoms with van der Waals surface area (Å²) in [5.41, 5.74) is 0. The molecule has 0 aromatic rings. The Bertz CT molecular complexity index is 1530. The molecule has 0 bridgehead atoms. The fraction of sp³-hybridized carbons (Fsp3) is 0.788. The average Bonchev–Trinajstić information content (AvgIpc) is 3.43. The van der Waals surface area contributed by atoms with E-state index in [1.807, 2.05) is 42.5 Å². The summed E-state index contributed by atoms with van der Waals surface area (Å²) < 4.78 is 17.6. The molecule has 446 valence electrons. The van der Waals surface area contributed by atoms with Crippen molar-refractivity contribution in [2.75, 3.05) is 13.2 Å². The molecule has 1 rings (SSSR count). The Kier molecular flexibility index (Phi) is 50.3. The maximum Gasteiger partial charge on any atom is 0.306 e. The number of hydrogen-bond donors (Lipinski definition) is 6. The molecular formula is C66H117NO10. The number of aliphatic hydroxyl groups is 5. The maximum atomic E-state index is 13.4. The van der Waals surface area contributed by atoms with E-state index in [4.69, 9.17) is 14.2 Å². The molecule has 1 fully saturated rings. The quantitative estimate of drug-likeness (QED) is 0.0149. The van der Waals surface area contributed by atoms with E-state index >= 15 is 0 Å².